The lowest BCUT2D eigenvalue weighted by Crippen LogP contribution is -2.48. The Morgan fingerprint density at radius 2 is 1.61 bits per heavy atom. The number of amides is 3. The minimum atomic E-state index is -4.06. The Balaban J connectivity index is 1.46. The first-order valence-electron chi connectivity index (χ1n) is 11.9. The number of rotatable bonds is 12. The summed E-state index contributed by atoms with van der Waals surface area (Å²) in [4.78, 5) is 29.4. The van der Waals surface area contributed by atoms with Crippen LogP contribution in [0.4, 0.5) is 4.79 Å². The van der Waals surface area contributed by atoms with Gasteiger partial charge in [0.1, 0.15) is 17.3 Å². The smallest absolute Gasteiger partial charge is 0.335 e. The molecule has 1 atom stereocenters. The number of sulfonamides is 1. The lowest BCUT2D eigenvalue weighted by Gasteiger charge is -2.23. The van der Waals surface area contributed by atoms with E-state index in [4.69, 9.17) is 9.47 Å². The van der Waals surface area contributed by atoms with Crippen molar-refractivity contribution >= 4 is 22.0 Å². The van der Waals surface area contributed by atoms with E-state index in [1.807, 2.05) is 36.4 Å². The van der Waals surface area contributed by atoms with Crippen molar-refractivity contribution in [1.29, 1.82) is 0 Å². The second kappa shape index (κ2) is 11.2. The molecule has 11 heteroatoms. The number of hydrogen-bond donors (Lipinski definition) is 2. The standard InChI is InChI=1S/C25H32N4O6S/c1-34-21-9-5-18(6-10-21)13-14-28-23(20-7-11-22(35-2)12-8-20)16-29(25(28)31)27-36(32,33)17-24(30)26-15-19-3-4-19/h5-12,19,23,27H,3-4,13-17H2,1-2H3,(H,26,30). The highest BCUT2D eigenvalue weighted by Gasteiger charge is 2.40. The Bertz CT molecular complexity index is 1170. The molecule has 0 aromatic heterocycles. The average Bonchev–Trinajstić information content (AvgIpc) is 3.66. The van der Waals surface area contributed by atoms with Gasteiger partial charge in [-0.25, -0.2) is 18.2 Å². The number of carbonyl (C=O) groups excluding carboxylic acids is 2. The number of hydrogen-bond acceptors (Lipinski definition) is 6. The van der Waals surface area contributed by atoms with Crippen molar-refractivity contribution in [3.05, 3.63) is 59.7 Å². The van der Waals surface area contributed by atoms with Crippen LogP contribution in [0.5, 0.6) is 11.5 Å². The van der Waals surface area contributed by atoms with Crippen molar-refractivity contribution in [2.75, 3.05) is 39.6 Å². The van der Waals surface area contributed by atoms with E-state index >= 15 is 0 Å². The molecule has 2 N–H and O–H groups in total. The van der Waals surface area contributed by atoms with Crippen molar-refractivity contribution in [3.63, 3.8) is 0 Å². The van der Waals surface area contributed by atoms with Gasteiger partial charge in [-0.2, -0.15) is 0 Å². The molecule has 1 unspecified atom stereocenters. The predicted octanol–water partition coefficient (Wildman–Crippen LogP) is 2.09. The molecule has 0 spiro atoms. The summed E-state index contributed by atoms with van der Waals surface area (Å²) in [5.41, 5.74) is 1.87. The Labute approximate surface area is 211 Å². The van der Waals surface area contributed by atoms with E-state index in [9.17, 15) is 18.0 Å². The lowest BCUT2D eigenvalue weighted by molar-refractivity contribution is -0.118. The average molecular weight is 517 g/mol. The van der Waals surface area contributed by atoms with Gasteiger partial charge >= 0.3 is 6.03 Å². The molecule has 3 amide bonds. The molecule has 194 valence electrons. The summed E-state index contributed by atoms with van der Waals surface area (Å²) >= 11 is 0. The van der Waals surface area contributed by atoms with E-state index < -0.39 is 27.7 Å². The second-order valence-electron chi connectivity index (χ2n) is 9.07. The zero-order valence-electron chi connectivity index (χ0n) is 20.5. The molecule has 2 aromatic carbocycles. The first-order chi connectivity index (χ1) is 17.3. The summed E-state index contributed by atoms with van der Waals surface area (Å²) in [6.07, 6.45) is 2.67. The zero-order valence-corrected chi connectivity index (χ0v) is 21.3. The second-order valence-corrected chi connectivity index (χ2v) is 10.8. The van der Waals surface area contributed by atoms with Crippen molar-refractivity contribution in [1.82, 2.24) is 20.1 Å². The van der Waals surface area contributed by atoms with Crippen LogP contribution in [0.1, 0.15) is 30.0 Å². The maximum atomic E-state index is 13.3. The number of benzene rings is 2. The summed E-state index contributed by atoms with van der Waals surface area (Å²) in [6, 6.07) is 14.1. The maximum Gasteiger partial charge on any atom is 0.335 e. The van der Waals surface area contributed by atoms with Gasteiger partial charge in [-0.1, -0.05) is 24.3 Å². The molecule has 1 aliphatic heterocycles. The molecule has 10 nitrogen and oxygen atoms in total. The van der Waals surface area contributed by atoms with E-state index in [1.54, 1.807) is 31.3 Å². The van der Waals surface area contributed by atoms with Crippen LogP contribution in [0.2, 0.25) is 0 Å². The molecule has 0 radical (unpaired) electrons. The summed E-state index contributed by atoms with van der Waals surface area (Å²) in [5.74, 6) is 0.553. The number of ether oxygens (including phenoxy) is 2. The fourth-order valence-electron chi connectivity index (χ4n) is 4.12. The Kier molecular flexibility index (Phi) is 8.00. The van der Waals surface area contributed by atoms with Gasteiger partial charge in [-0.05, 0) is 60.6 Å². The van der Waals surface area contributed by atoms with Crippen molar-refractivity contribution < 1.29 is 27.5 Å². The molecule has 1 aliphatic carbocycles. The number of urea groups is 1. The summed E-state index contributed by atoms with van der Waals surface area (Å²) in [7, 11) is -0.880. The normalized spacial score (nSPS) is 17.8. The minimum Gasteiger partial charge on any atom is -0.497 e. The van der Waals surface area contributed by atoms with Gasteiger partial charge in [-0.3, -0.25) is 4.79 Å². The van der Waals surface area contributed by atoms with Crippen LogP contribution in [0.15, 0.2) is 48.5 Å². The third kappa shape index (κ3) is 6.67. The molecule has 2 aromatic rings. The molecule has 0 bridgehead atoms. The van der Waals surface area contributed by atoms with E-state index in [1.165, 1.54) is 0 Å². The highest BCUT2D eigenvalue weighted by molar-refractivity contribution is 7.90. The van der Waals surface area contributed by atoms with E-state index in [0.29, 0.717) is 31.2 Å². The van der Waals surface area contributed by atoms with Crippen LogP contribution in [-0.4, -0.2) is 69.9 Å². The SMILES string of the molecule is COc1ccc(CCN2C(=O)N(NS(=O)(=O)CC(=O)NCC3CC3)CC2c2ccc(OC)cc2)cc1. The van der Waals surface area contributed by atoms with Crippen LogP contribution in [0, 0.1) is 5.92 Å². The molecular weight excluding hydrogens is 484 g/mol. The zero-order chi connectivity index (χ0) is 25.7. The fraction of sp³-hybridized carbons (Fsp3) is 0.440. The number of methoxy groups -OCH3 is 2. The highest BCUT2D eigenvalue weighted by atomic mass is 32.2. The topological polar surface area (TPSA) is 117 Å². The van der Waals surface area contributed by atoms with Gasteiger partial charge in [0.25, 0.3) is 0 Å². The molecule has 1 saturated heterocycles. The molecular formula is C25H32N4O6S. The van der Waals surface area contributed by atoms with Crippen LogP contribution in [-0.2, 0) is 21.2 Å². The van der Waals surface area contributed by atoms with Crippen LogP contribution in [0.3, 0.4) is 0 Å². The third-order valence-corrected chi connectivity index (χ3v) is 7.51. The quantitative estimate of drug-likeness (QED) is 0.446. The Morgan fingerprint density at radius 3 is 2.19 bits per heavy atom. The first kappa shape index (κ1) is 25.8. The fourth-order valence-corrected chi connectivity index (χ4v) is 5.12. The molecule has 2 fully saturated rings. The van der Waals surface area contributed by atoms with E-state index in [0.717, 1.165) is 34.7 Å². The van der Waals surface area contributed by atoms with Crippen LogP contribution in [0.25, 0.3) is 0 Å². The van der Waals surface area contributed by atoms with E-state index in [-0.39, 0.29) is 12.6 Å². The highest BCUT2D eigenvalue weighted by Crippen LogP contribution is 2.30. The van der Waals surface area contributed by atoms with Gasteiger partial charge in [0.05, 0.1) is 26.8 Å². The molecule has 36 heavy (non-hydrogen) atoms. The molecule has 4 rings (SSSR count). The number of hydrazine groups is 1. The van der Waals surface area contributed by atoms with E-state index in [2.05, 4.69) is 10.1 Å². The molecule has 2 aliphatic rings. The monoisotopic (exact) mass is 516 g/mol. The third-order valence-electron chi connectivity index (χ3n) is 6.36. The lowest BCUT2D eigenvalue weighted by atomic mass is 10.1. The van der Waals surface area contributed by atoms with Crippen molar-refractivity contribution in [2.24, 2.45) is 5.92 Å². The number of nitrogens with one attached hydrogen (secondary N) is 2. The largest absolute Gasteiger partial charge is 0.497 e. The predicted molar refractivity (Wildman–Crippen MR) is 134 cm³/mol. The van der Waals surface area contributed by atoms with Gasteiger partial charge in [0.2, 0.25) is 15.9 Å². The van der Waals surface area contributed by atoms with Crippen LogP contribution < -0.4 is 19.6 Å². The first-order valence-corrected chi connectivity index (χ1v) is 13.5. The number of nitrogens with zero attached hydrogens (tertiary/aromatic N) is 2. The maximum absolute atomic E-state index is 13.3. The van der Waals surface area contributed by atoms with Crippen LogP contribution >= 0.6 is 0 Å². The summed E-state index contributed by atoms with van der Waals surface area (Å²) in [6.45, 7) is 0.967. The van der Waals surface area contributed by atoms with Gasteiger partial charge < -0.3 is 19.7 Å². The summed E-state index contributed by atoms with van der Waals surface area (Å²) < 4.78 is 35.8. The molecule has 1 saturated carbocycles. The van der Waals surface area contributed by atoms with Gasteiger partial charge in [-0.15, -0.1) is 4.83 Å². The summed E-state index contributed by atoms with van der Waals surface area (Å²) in [5, 5.41) is 3.72. The number of carbonyl (C=O) groups is 2. The van der Waals surface area contributed by atoms with Gasteiger partial charge in [0, 0.05) is 13.1 Å². The molecule has 1 heterocycles. The van der Waals surface area contributed by atoms with Crippen molar-refractivity contribution in [2.45, 2.75) is 25.3 Å². The van der Waals surface area contributed by atoms with Crippen molar-refractivity contribution in [3.8, 4) is 11.5 Å². The van der Waals surface area contributed by atoms with Gasteiger partial charge in [0.15, 0.2) is 0 Å². The minimum absolute atomic E-state index is 0.108. The Morgan fingerprint density at radius 1 is 1.00 bits per heavy atom. The Hall–Kier alpha value is -3.31.